The molecule has 0 amide bonds. The van der Waals surface area contributed by atoms with Gasteiger partial charge >= 0.3 is 11.7 Å². The van der Waals surface area contributed by atoms with E-state index in [1.165, 1.54) is 17.9 Å². The summed E-state index contributed by atoms with van der Waals surface area (Å²) in [5, 5.41) is 2.40. The summed E-state index contributed by atoms with van der Waals surface area (Å²) >= 11 is 0. The SMILES string of the molecule is COC(=O)CN[PH](=O)OCC1C=CC(n2cc(C)c(=O)[nH]c2=O)O1. The van der Waals surface area contributed by atoms with Crippen molar-refractivity contribution in [3.05, 3.63) is 44.8 Å². The molecule has 1 aromatic heterocycles. The Morgan fingerprint density at radius 3 is 2.92 bits per heavy atom. The molecule has 1 aromatic rings. The lowest BCUT2D eigenvalue weighted by atomic mass is 10.3. The number of hydrogen-bond acceptors (Lipinski definition) is 7. The van der Waals surface area contributed by atoms with E-state index >= 15 is 0 Å². The highest BCUT2D eigenvalue weighted by molar-refractivity contribution is 7.36. The maximum absolute atomic E-state index is 11.8. The minimum Gasteiger partial charge on any atom is -0.468 e. The molecule has 0 aromatic carbocycles. The third-order valence-corrected chi connectivity index (χ3v) is 4.10. The van der Waals surface area contributed by atoms with Crippen molar-refractivity contribution < 1.29 is 23.4 Å². The van der Waals surface area contributed by atoms with Gasteiger partial charge in [0.1, 0.15) is 12.6 Å². The number of ether oxygens (including phenoxy) is 2. The van der Waals surface area contributed by atoms with E-state index in [0.717, 1.165) is 0 Å². The Balaban J connectivity index is 1.86. The average molecular weight is 359 g/mol. The van der Waals surface area contributed by atoms with E-state index in [2.05, 4.69) is 14.8 Å². The monoisotopic (exact) mass is 359 g/mol. The molecule has 2 heterocycles. The van der Waals surface area contributed by atoms with E-state index in [-0.39, 0.29) is 13.2 Å². The summed E-state index contributed by atoms with van der Waals surface area (Å²) in [6.07, 6.45) is 3.49. The van der Waals surface area contributed by atoms with Gasteiger partial charge in [0.15, 0.2) is 6.23 Å². The van der Waals surface area contributed by atoms with Gasteiger partial charge in [0.2, 0.25) is 0 Å². The van der Waals surface area contributed by atoms with Crippen LogP contribution in [0.2, 0.25) is 0 Å². The van der Waals surface area contributed by atoms with E-state index in [1.807, 2.05) is 0 Å². The molecule has 0 spiro atoms. The van der Waals surface area contributed by atoms with Crippen LogP contribution in [-0.2, 0) is 23.4 Å². The molecule has 2 rings (SSSR count). The third kappa shape index (κ3) is 4.75. The first kappa shape index (κ1) is 18.3. The molecular weight excluding hydrogens is 341 g/mol. The largest absolute Gasteiger partial charge is 0.468 e. The molecule has 1 aliphatic rings. The lowest BCUT2D eigenvalue weighted by Crippen LogP contribution is -2.33. The molecule has 0 bridgehead atoms. The van der Waals surface area contributed by atoms with Gasteiger partial charge in [0.25, 0.3) is 13.7 Å². The van der Waals surface area contributed by atoms with Gasteiger partial charge in [-0.1, -0.05) is 6.08 Å². The van der Waals surface area contributed by atoms with Gasteiger partial charge in [0, 0.05) is 11.8 Å². The van der Waals surface area contributed by atoms with Gasteiger partial charge in [-0.05, 0) is 13.0 Å². The highest BCUT2D eigenvalue weighted by atomic mass is 31.1. The fraction of sp³-hybridized carbons (Fsp3) is 0.462. The van der Waals surface area contributed by atoms with Crippen LogP contribution in [-0.4, -0.2) is 41.9 Å². The predicted octanol–water partition coefficient (Wildman–Crippen LogP) is -0.532. The second kappa shape index (κ2) is 8.20. The van der Waals surface area contributed by atoms with Crippen LogP contribution in [0, 0.1) is 6.92 Å². The molecular formula is C13H18N3O7P. The second-order valence-corrected chi connectivity index (χ2v) is 6.17. The van der Waals surface area contributed by atoms with Crippen molar-refractivity contribution in [2.24, 2.45) is 0 Å². The van der Waals surface area contributed by atoms with E-state index in [9.17, 15) is 18.9 Å². The number of aromatic nitrogens is 2. The quantitative estimate of drug-likeness (QED) is 0.378. The molecule has 0 fully saturated rings. The van der Waals surface area contributed by atoms with E-state index in [4.69, 9.17) is 9.26 Å². The fourth-order valence-corrected chi connectivity index (χ4v) is 2.65. The van der Waals surface area contributed by atoms with Crippen molar-refractivity contribution in [2.75, 3.05) is 20.3 Å². The third-order valence-electron chi connectivity index (χ3n) is 3.21. The summed E-state index contributed by atoms with van der Waals surface area (Å²) in [6, 6.07) is 0. The molecule has 11 heteroatoms. The number of aromatic amines is 1. The first-order valence-electron chi connectivity index (χ1n) is 7.04. The van der Waals surface area contributed by atoms with Crippen molar-refractivity contribution in [1.29, 1.82) is 0 Å². The summed E-state index contributed by atoms with van der Waals surface area (Å²) in [5.74, 6) is -0.554. The van der Waals surface area contributed by atoms with Crippen molar-refractivity contribution in [3.8, 4) is 0 Å². The maximum Gasteiger partial charge on any atom is 0.330 e. The molecule has 0 aliphatic carbocycles. The van der Waals surface area contributed by atoms with Gasteiger partial charge < -0.3 is 14.0 Å². The molecule has 2 N–H and O–H groups in total. The van der Waals surface area contributed by atoms with Crippen LogP contribution in [0.5, 0.6) is 0 Å². The minimum absolute atomic E-state index is 0.0178. The van der Waals surface area contributed by atoms with Gasteiger partial charge in [-0.2, -0.15) is 0 Å². The number of carbonyl (C=O) groups excluding carboxylic acids is 1. The van der Waals surface area contributed by atoms with Crippen LogP contribution in [0.1, 0.15) is 11.8 Å². The molecule has 10 nitrogen and oxygen atoms in total. The van der Waals surface area contributed by atoms with Crippen molar-refractivity contribution in [2.45, 2.75) is 19.3 Å². The van der Waals surface area contributed by atoms with Crippen molar-refractivity contribution in [1.82, 2.24) is 14.6 Å². The van der Waals surface area contributed by atoms with Crippen LogP contribution >= 0.6 is 8.18 Å². The lowest BCUT2D eigenvalue weighted by Gasteiger charge is -2.16. The predicted molar refractivity (Wildman–Crippen MR) is 84.1 cm³/mol. The molecule has 0 saturated heterocycles. The second-order valence-electron chi connectivity index (χ2n) is 4.96. The molecule has 0 saturated carbocycles. The summed E-state index contributed by atoms with van der Waals surface area (Å²) in [5.41, 5.74) is -0.660. The number of rotatable bonds is 7. The highest BCUT2D eigenvalue weighted by Crippen LogP contribution is 2.23. The van der Waals surface area contributed by atoms with E-state index < -0.39 is 37.7 Å². The molecule has 1 aliphatic heterocycles. The Bertz CT molecular complexity index is 770. The van der Waals surface area contributed by atoms with Crippen LogP contribution < -0.4 is 16.3 Å². The summed E-state index contributed by atoms with van der Waals surface area (Å²) in [4.78, 5) is 36.2. The fourth-order valence-electron chi connectivity index (χ4n) is 1.94. The van der Waals surface area contributed by atoms with Crippen LogP contribution in [0.4, 0.5) is 0 Å². The Morgan fingerprint density at radius 1 is 1.46 bits per heavy atom. The molecule has 0 radical (unpaired) electrons. The summed E-state index contributed by atoms with van der Waals surface area (Å²) in [6.45, 7) is 1.34. The number of carbonyl (C=O) groups is 1. The zero-order valence-corrected chi connectivity index (χ0v) is 14.1. The van der Waals surface area contributed by atoms with Gasteiger partial charge in [-0.15, -0.1) is 0 Å². The smallest absolute Gasteiger partial charge is 0.330 e. The van der Waals surface area contributed by atoms with E-state index in [1.54, 1.807) is 19.1 Å². The van der Waals surface area contributed by atoms with Crippen LogP contribution in [0.25, 0.3) is 0 Å². The highest BCUT2D eigenvalue weighted by Gasteiger charge is 2.22. The summed E-state index contributed by atoms with van der Waals surface area (Å²) < 4.78 is 27.9. The minimum atomic E-state index is -2.61. The Morgan fingerprint density at radius 2 is 2.21 bits per heavy atom. The van der Waals surface area contributed by atoms with Crippen molar-refractivity contribution >= 4 is 14.1 Å². The lowest BCUT2D eigenvalue weighted by molar-refractivity contribution is -0.139. The Hall–Kier alpha value is -2.00. The topological polar surface area (TPSA) is 129 Å². The number of esters is 1. The van der Waals surface area contributed by atoms with Crippen molar-refractivity contribution in [3.63, 3.8) is 0 Å². The number of H-pyrrole nitrogens is 1. The van der Waals surface area contributed by atoms with Gasteiger partial charge in [-0.25, -0.2) is 9.88 Å². The summed E-state index contributed by atoms with van der Waals surface area (Å²) in [7, 11) is -1.39. The standard InChI is InChI=1S/C13H18N3O7P/c1-8-6-16(13(19)15-12(8)18)10-4-3-9(23-10)7-22-24(20)14-5-11(17)21-2/h3-4,6,9-10,24H,5,7H2,1-2H3,(H,14,20)(H,15,18,19). The number of nitrogens with zero attached hydrogens (tertiary/aromatic N) is 1. The molecule has 3 atom stereocenters. The molecule has 3 unspecified atom stereocenters. The normalized spacial score (nSPS) is 20.9. The maximum atomic E-state index is 11.8. The van der Waals surface area contributed by atoms with Crippen LogP contribution in [0.3, 0.4) is 0 Å². The van der Waals surface area contributed by atoms with E-state index in [0.29, 0.717) is 5.56 Å². The number of methoxy groups -OCH3 is 1. The van der Waals surface area contributed by atoms with Gasteiger partial charge in [0.05, 0.1) is 13.7 Å². The zero-order valence-electron chi connectivity index (χ0n) is 13.1. The first-order chi connectivity index (χ1) is 11.4. The van der Waals surface area contributed by atoms with Crippen LogP contribution in [0.15, 0.2) is 27.9 Å². The Labute approximate surface area is 137 Å². The zero-order chi connectivity index (χ0) is 17.7. The average Bonchev–Trinajstić information content (AvgIpc) is 3.02. The molecule has 132 valence electrons. The number of hydrogen-bond donors (Lipinski definition) is 2. The number of aryl methyl sites for hydroxylation is 1. The Kier molecular flexibility index (Phi) is 6.27. The number of nitrogens with one attached hydrogen (secondary N) is 2. The first-order valence-corrected chi connectivity index (χ1v) is 8.35. The van der Waals surface area contributed by atoms with Gasteiger partial charge in [-0.3, -0.25) is 23.7 Å². The molecule has 24 heavy (non-hydrogen) atoms.